The van der Waals surface area contributed by atoms with Crippen molar-refractivity contribution in [1.29, 1.82) is 0 Å². The maximum absolute atomic E-state index is 11.9. The van der Waals surface area contributed by atoms with Crippen LogP contribution in [-0.2, 0) is 4.79 Å². The second kappa shape index (κ2) is 4.02. The molecule has 1 fully saturated rings. The Bertz CT molecular complexity index is 251. The van der Waals surface area contributed by atoms with Gasteiger partial charge in [-0.25, -0.2) is 0 Å². The molecule has 1 rings (SSSR count). The van der Waals surface area contributed by atoms with E-state index >= 15 is 0 Å². The highest BCUT2D eigenvalue weighted by atomic mass is 19.4. The molecule has 0 N–H and O–H groups in total. The predicted molar refractivity (Wildman–Crippen MR) is 45.6 cm³/mol. The summed E-state index contributed by atoms with van der Waals surface area (Å²) in [7, 11) is 0. The lowest BCUT2D eigenvalue weighted by Crippen LogP contribution is -2.24. The van der Waals surface area contributed by atoms with E-state index in [1.807, 2.05) is 0 Å². The lowest BCUT2D eigenvalue weighted by Gasteiger charge is -2.17. The number of nitrogens with zero attached hydrogens (tertiary/aromatic N) is 1. The first-order valence-corrected chi connectivity index (χ1v) is 4.45. The summed E-state index contributed by atoms with van der Waals surface area (Å²) in [6, 6.07) is 0. The Balaban J connectivity index is 2.63. The summed E-state index contributed by atoms with van der Waals surface area (Å²) in [6.07, 6.45) is -2.12. The smallest absolute Gasteiger partial charge is 0.375 e. The van der Waals surface area contributed by atoms with Crippen molar-refractivity contribution in [3.63, 3.8) is 0 Å². The Morgan fingerprint density at radius 1 is 1.29 bits per heavy atom. The van der Waals surface area contributed by atoms with E-state index in [2.05, 4.69) is 0 Å². The summed E-state index contributed by atoms with van der Waals surface area (Å²) in [4.78, 5) is 12.4. The second-order valence-electron chi connectivity index (χ2n) is 3.34. The van der Waals surface area contributed by atoms with Crippen molar-refractivity contribution in [1.82, 2.24) is 4.90 Å². The Morgan fingerprint density at radius 3 is 2.21 bits per heavy atom. The molecule has 2 nitrogen and oxygen atoms in total. The summed E-state index contributed by atoms with van der Waals surface area (Å²) < 4.78 is 35.7. The molecule has 0 aromatic carbocycles. The average Bonchev–Trinajstić information content (AvgIpc) is 2.53. The molecule has 0 aromatic rings. The van der Waals surface area contributed by atoms with Crippen LogP contribution in [0.4, 0.5) is 13.2 Å². The van der Waals surface area contributed by atoms with Crippen LogP contribution in [0.1, 0.15) is 19.8 Å². The molecular formula is C9H12F3NO. The molecule has 1 aliphatic heterocycles. The SMILES string of the molecule is CC(=CC(=O)C(F)(F)F)N1CCCC1. The molecule has 0 saturated carbocycles. The quantitative estimate of drug-likeness (QED) is 0.646. The molecule has 0 amide bonds. The molecular weight excluding hydrogens is 195 g/mol. The third-order valence-corrected chi connectivity index (χ3v) is 2.22. The number of carbonyl (C=O) groups is 1. The molecule has 1 saturated heterocycles. The monoisotopic (exact) mass is 207 g/mol. The standard InChI is InChI=1S/C9H12F3NO/c1-7(13-4-2-3-5-13)6-8(14)9(10,11)12/h6H,2-5H2,1H3. The Kier molecular flexibility index (Phi) is 3.18. The fourth-order valence-electron chi connectivity index (χ4n) is 1.43. The zero-order valence-corrected chi connectivity index (χ0v) is 7.90. The van der Waals surface area contributed by atoms with Crippen molar-refractivity contribution in [3.05, 3.63) is 11.8 Å². The number of hydrogen-bond donors (Lipinski definition) is 0. The van der Waals surface area contributed by atoms with Gasteiger partial charge in [-0.05, 0) is 19.8 Å². The van der Waals surface area contributed by atoms with Crippen molar-refractivity contribution in [2.45, 2.75) is 25.9 Å². The van der Waals surface area contributed by atoms with Gasteiger partial charge >= 0.3 is 6.18 Å². The lowest BCUT2D eigenvalue weighted by atomic mass is 10.3. The molecule has 0 bridgehead atoms. The fraction of sp³-hybridized carbons (Fsp3) is 0.667. The number of ketones is 1. The molecule has 80 valence electrons. The number of likely N-dealkylation sites (tertiary alicyclic amines) is 1. The number of alkyl halides is 3. The van der Waals surface area contributed by atoms with Crippen molar-refractivity contribution in [2.24, 2.45) is 0 Å². The van der Waals surface area contributed by atoms with E-state index in [9.17, 15) is 18.0 Å². The third kappa shape index (κ3) is 2.75. The van der Waals surface area contributed by atoms with E-state index < -0.39 is 12.0 Å². The van der Waals surface area contributed by atoms with Gasteiger partial charge in [0.1, 0.15) is 0 Å². The van der Waals surface area contributed by atoms with Crippen LogP contribution in [-0.4, -0.2) is 29.9 Å². The van der Waals surface area contributed by atoms with E-state index in [-0.39, 0.29) is 0 Å². The topological polar surface area (TPSA) is 20.3 Å². The van der Waals surface area contributed by atoms with Gasteiger partial charge in [-0.3, -0.25) is 4.79 Å². The summed E-state index contributed by atoms with van der Waals surface area (Å²) in [5.74, 6) is -1.78. The van der Waals surface area contributed by atoms with Crippen LogP contribution in [0.5, 0.6) is 0 Å². The minimum absolute atomic E-state index is 0.407. The van der Waals surface area contributed by atoms with Gasteiger partial charge in [0.25, 0.3) is 5.78 Å². The van der Waals surface area contributed by atoms with E-state index in [1.165, 1.54) is 6.92 Å². The van der Waals surface area contributed by atoms with E-state index in [0.717, 1.165) is 25.9 Å². The summed E-state index contributed by atoms with van der Waals surface area (Å²) in [6.45, 7) is 3.02. The minimum Gasteiger partial charge on any atom is -0.375 e. The molecule has 1 heterocycles. The van der Waals surface area contributed by atoms with E-state index in [1.54, 1.807) is 4.90 Å². The van der Waals surface area contributed by atoms with Gasteiger partial charge in [0.15, 0.2) is 0 Å². The zero-order valence-electron chi connectivity index (χ0n) is 7.90. The molecule has 0 aliphatic carbocycles. The number of hydrogen-bond acceptors (Lipinski definition) is 2. The maximum atomic E-state index is 11.9. The van der Waals surface area contributed by atoms with Gasteiger partial charge < -0.3 is 4.90 Å². The highest BCUT2D eigenvalue weighted by Crippen LogP contribution is 2.19. The first kappa shape index (κ1) is 11.1. The van der Waals surface area contributed by atoms with Crippen LogP contribution in [0.2, 0.25) is 0 Å². The number of rotatable bonds is 2. The molecule has 0 unspecified atom stereocenters. The van der Waals surface area contributed by atoms with Crippen LogP contribution in [0, 0.1) is 0 Å². The Morgan fingerprint density at radius 2 is 1.79 bits per heavy atom. The molecule has 0 atom stereocenters. The summed E-state index contributed by atoms with van der Waals surface area (Å²) >= 11 is 0. The fourth-order valence-corrected chi connectivity index (χ4v) is 1.43. The molecule has 0 spiro atoms. The lowest BCUT2D eigenvalue weighted by molar-refractivity contribution is -0.165. The number of allylic oxidation sites excluding steroid dienone is 2. The Hall–Kier alpha value is -1.00. The van der Waals surface area contributed by atoms with Gasteiger partial charge in [0.2, 0.25) is 0 Å². The minimum atomic E-state index is -4.75. The van der Waals surface area contributed by atoms with Crippen LogP contribution in [0.15, 0.2) is 11.8 Å². The zero-order chi connectivity index (χ0) is 10.8. The van der Waals surface area contributed by atoms with Crippen molar-refractivity contribution in [3.8, 4) is 0 Å². The third-order valence-electron chi connectivity index (χ3n) is 2.22. The number of carbonyl (C=O) groups excluding carboxylic acids is 1. The Labute approximate surface area is 80.4 Å². The molecule has 14 heavy (non-hydrogen) atoms. The molecule has 0 radical (unpaired) electrons. The largest absolute Gasteiger partial charge is 0.454 e. The van der Waals surface area contributed by atoms with E-state index in [4.69, 9.17) is 0 Å². The van der Waals surface area contributed by atoms with Gasteiger partial charge in [-0.2, -0.15) is 13.2 Å². The van der Waals surface area contributed by atoms with Gasteiger partial charge in [0.05, 0.1) is 0 Å². The van der Waals surface area contributed by atoms with Crippen LogP contribution in [0.3, 0.4) is 0 Å². The highest BCUT2D eigenvalue weighted by Gasteiger charge is 2.36. The van der Waals surface area contributed by atoms with Crippen molar-refractivity contribution < 1.29 is 18.0 Å². The first-order valence-electron chi connectivity index (χ1n) is 4.45. The van der Waals surface area contributed by atoms with Gasteiger partial charge in [-0.15, -0.1) is 0 Å². The van der Waals surface area contributed by atoms with Crippen molar-refractivity contribution >= 4 is 5.78 Å². The van der Waals surface area contributed by atoms with Crippen molar-refractivity contribution in [2.75, 3.05) is 13.1 Å². The van der Waals surface area contributed by atoms with Crippen LogP contribution < -0.4 is 0 Å². The number of halogens is 3. The molecule has 1 aliphatic rings. The predicted octanol–water partition coefficient (Wildman–Crippen LogP) is 2.12. The normalized spacial score (nSPS) is 18.9. The van der Waals surface area contributed by atoms with E-state index in [0.29, 0.717) is 11.8 Å². The average molecular weight is 207 g/mol. The highest BCUT2D eigenvalue weighted by molar-refractivity contribution is 5.94. The van der Waals surface area contributed by atoms with Gasteiger partial charge in [0, 0.05) is 24.9 Å². The summed E-state index contributed by atoms with van der Waals surface area (Å²) in [5.41, 5.74) is 0.407. The maximum Gasteiger partial charge on any atom is 0.454 e. The molecule has 5 heteroatoms. The van der Waals surface area contributed by atoms with Gasteiger partial charge in [-0.1, -0.05) is 0 Å². The second-order valence-corrected chi connectivity index (χ2v) is 3.34. The van der Waals surface area contributed by atoms with Crippen LogP contribution >= 0.6 is 0 Å². The van der Waals surface area contributed by atoms with Crippen LogP contribution in [0.25, 0.3) is 0 Å². The first-order chi connectivity index (χ1) is 6.41. The summed E-state index contributed by atoms with van der Waals surface area (Å²) in [5, 5.41) is 0. The molecule has 0 aromatic heterocycles.